The van der Waals surface area contributed by atoms with Crippen LogP contribution in [0.3, 0.4) is 0 Å². The van der Waals surface area contributed by atoms with Gasteiger partial charge in [0.25, 0.3) is 5.89 Å². The summed E-state index contributed by atoms with van der Waals surface area (Å²) in [5.41, 5.74) is 7.14. The highest BCUT2D eigenvalue weighted by Gasteiger charge is 2.35. The van der Waals surface area contributed by atoms with Crippen molar-refractivity contribution >= 4 is 5.78 Å². The third-order valence-corrected chi connectivity index (χ3v) is 4.92. The van der Waals surface area contributed by atoms with Crippen LogP contribution in [0.2, 0.25) is 0 Å². The number of hydrogen-bond donors (Lipinski definition) is 1. The molecule has 0 amide bonds. The lowest BCUT2D eigenvalue weighted by Gasteiger charge is -2.17. The van der Waals surface area contributed by atoms with Crippen LogP contribution in [0.4, 0.5) is 0 Å². The first-order valence-electron chi connectivity index (χ1n) is 9.09. The lowest BCUT2D eigenvalue weighted by Crippen LogP contribution is -2.34. The molecule has 4 rings (SSSR count). The molecule has 1 saturated carbocycles. The predicted octanol–water partition coefficient (Wildman–Crippen LogP) is 3.61. The van der Waals surface area contributed by atoms with E-state index in [1.165, 1.54) is 0 Å². The summed E-state index contributed by atoms with van der Waals surface area (Å²) in [7, 11) is 0. The molecule has 1 heterocycles. The number of carbonyl (C=O) groups is 1. The van der Waals surface area contributed by atoms with Crippen LogP contribution in [-0.4, -0.2) is 15.9 Å². The van der Waals surface area contributed by atoms with E-state index in [9.17, 15) is 4.79 Å². The zero-order valence-corrected chi connectivity index (χ0v) is 14.9. The fourth-order valence-corrected chi connectivity index (χ4v) is 3.35. The van der Waals surface area contributed by atoms with Crippen molar-refractivity contribution in [1.29, 1.82) is 0 Å². The fourth-order valence-electron chi connectivity index (χ4n) is 3.35. The topological polar surface area (TPSA) is 91.2 Å². The van der Waals surface area contributed by atoms with Crippen LogP contribution in [0.25, 0.3) is 0 Å². The minimum Gasteiger partial charge on any atom is -0.484 e. The Kier molecular flexibility index (Phi) is 4.73. The first-order valence-corrected chi connectivity index (χ1v) is 9.09. The smallest absolute Gasteiger partial charge is 0.264 e. The van der Waals surface area contributed by atoms with Crippen molar-refractivity contribution < 1.29 is 14.1 Å². The van der Waals surface area contributed by atoms with Gasteiger partial charge in [-0.05, 0) is 37.1 Å². The standard InChI is InChI=1S/C21H21N3O3/c22-21(12-4-5-13-21)20-23-18(27-24-20)14-26-17-10-8-16(9-11-17)19(25)15-6-2-1-3-7-15/h1-3,6-11H,4-5,12-14,22H2. The average Bonchev–Trinajstić information content (AvgIpc) is 3.37. The molecule has 0 radical (unpaired) electrons. The first-order chi connectivity index (χ1) is 13.1. The average molecular weight is 363 g/mol. The summed E-state index contributed by atoms with van der Waals surface area (Å²) in [5, 5.41) is 4.02. The molecule has 2 N–H and O–H groups in total. The molecule has 0 aliphatic heterocycles. The SMILES string of the molecule is NC1(c2noc(COc3ccc(C(=O)c4ccccc4)cc3)n2)CCCC1. The van der Waals surface area contributed by atoms with Gasteiger partial charge < -0.3 is 15.0 Å². The monoisotopic (exact) mass is 363 g/mol. The Bertz CT molecular complexity index is 913. The minimum absolute atomic E-state index is 0.0199. The van der Waals surface area contributed by atoms with Gasteiger partial charge in [-0.1, -0.05) is 48.3 Å². The fraction of sp³-hybridized carbons (Fsp3) is 0.286. The number of rotatable bonds is 6. The molecule has 0 bridgehead atoms. The second kappa shape index (κ2) is 7.32. The van der Waals surface area contributed by atoms with Crippen LogP contribution >= 0.6 is 0 Å². The van der Waals surface area contributed by atoms with E-state index >= 15 is 0 Å². The molecule has 0 unspecified atom stereocenters. The van der Waals surface area contributed by atoms with Gasteiger partial charge in [0.2, 0.25) is 0 Å². The zero-order chi connectivity index (χ0) is 18.7. The molecule has 2 aromatic carbocycles. The summed E-state index contributed by atoms with van der Waals surface area (Å²) < 4.78 is 11.0. The van der Waals surface area contributed by atoms with Crippen molar-refractivity contribution in [2.75, 3.05) is 0 Å². The largest absolute Gasteiger partial charge is 0.484 e. The minimum atomic E-state index is -0.471. The van der Waals surface area contributed by atoms with E-state index in [1.807, 2.05) is 18.2 Å². The highest BCUT2D eigenvalue weighted by Crippen LogP contribution is 2.34. The van der Waals surface area contributed by atoms with Crippen molar-refractivity contribution in [1.82, 2.24) is 10.1 Å². The lowest BCUT2D eigenvalue weighted by molar-refractivity contribution is 0.103. The molecule has 1 aromatic heterocycles. The van der Waals surface area contributed by atoms with Crippen LogP contribution in [0.5, 0.6) is 5.75 Å². The third kappa shape index (κ3) is 3.75. The van der Waals surface area contributed by atoms with E-state index in [4.69, 9.17) is 15.0 Å². The Morgan fingerprint density at radius 1 is 1.04 bits per heavy atom. The normalized spacial score (nSPS) is 15.6. The summed E-state index contributed by atoms with van der Waals surface area (Å²) in [6.07, 6.45) is 3.93. The summed E-state index contributed by atoms with van der Waals surface area (Å²) in [6, 6.07) is 16.2. The van der Waals surface area contributed by atoms with Crippen LogP contribution in [0.15, 0.2) is 59.1 Å². The Morgan fingerprint density at radius 3 is 2.41 bits per heavy atom. The summed E-state index contributed by atoms with van der Waals surface area (Å²) >= 11 is 0. The number of hydrogen-bond acceptors (Lipinski definition) is 6. The van der Waals surface area contributed by atoms with Gasteiger partial charge in [0.15, 0.2) is 18.2 Å². The molecule has 27 heavy (non-hydrogen) atoms. The van der Waals surface area contributed by atoms with Crippen molar-refractivity contribution in [3.63, 3.8) is 0 Å². The number of ketones is 1. The molecule has 6 heteroatoms. The highest BCUT2D eigenvalue weighted by atomic mass is 16.5. The first kappa shape index (κ1) is 17.4. The summed E-state index contributed by atoms with van der Waals surface area (Å²) in [4.78, 5) is 16.8. The van der Waals surface area contributed by atoms with E-state index < -0.39 is 5.54 Å². The molecule has 1 aliphatic rings. The van der Waals surface area contributed by atoms with Crippen molar-refractivity contribution in [2.24, 2.45) is 5.73 Å². The predicted molar refractivity (Wildman–Crippen MR) is 99.3 cm³/mol. The molecule has 0 spiro atoms. The van der Waals surface area contributed by atoms with Gasteiger partial charge in [0, 0.05) is 11.1 Å². The van der Waals surface area contributed by atoms with Crippen molar-refractivity contribution in [2.45, 2.75) is 37.8 Å². The van der Waals surface area contributed by atoms with E-state index in [0.717, 1.165) is 25.7 Å². The second-order valence-corrected chi connectivity index (χ2v) is 6.88. The number of nitrogens with zero attached hydrogens (tertiary/aromatic N) is 2. The molecular weight excluding hydrogens is 342 g/mol. The van der Waals surface area contributed by atoms with Gasteiger partial charge in [-0.15, -0.1) is 0 Å². The van der Waals surface area contributed by atoms with Crippen LogP contribution in [-0.2, 0) is 12.1 Å². The number of nitrogens with two attached hydrogens (primary N) is 1. The molecule has 0 atom stereocenters. The molecule has 3 aromatic rings. The summed E-state index contributed by atoms with van der Waals surface area (Å²) in [6.45, 7) is 0.162. The van der Waals surface area contributed by atoms with E-state index in [1.54, 1.807) is 36.4 Å². The lowest BCUT2D eigenvalue weighted by atomic mass is 9.99. The molecule has 138 valence electrons. The zero-order valence-electron chi connectivity index (χ0n) is 14.9. The Balaban J connectivity index is 1.38. The van der Waals surface area contributed by atoms with Crippen LogP contribution in [0.1, 0.15) is 53.3 Å². The number of ether oxygens (including phenoxy) is 1. The van der Waals surface area contributed by atoms with Gasteiger partial charge in [0.05, 0.1) is 5.54 Å². The van der Waals surface area contributed by atoms with Gasteiger partial charge in [-0.2, -0.15) is 4.98 Å². The van der Waals surface area contributed by atoms with E-state index in [0.29, 0.717) is 28.6 Å². The Morgan fingerprint density at radius 2 is 1.70 bits per heavy atom. The van der Waals surface area contributed by atoms with E-state index in [2.05, 4.69) is 10.1 Å². The van der Waals surface area contributed by atoms with Crippen LogP contribution in [0, 0.1) is 0 Å². The molecule has 1 aliphatic carbocycles. The van der Waals surface area contributed by atoms with Gasteiger partial charge in [0.1, 0.15) is 5.75 Å². The van der Waals surface area contributed by atoms with Gasteiger partial charge in [-0.3, -0.25) is 4.79 Å². The highest BCUT2D eigenvalue weighted by molar-refractivity contribution is 6.08. The van der Waals surface area contributed by atoms with Gasteiger partial charge in [-0.25, -0.2) is 0 Å². The van der Waals surface area contributed by atoms with Gasteiger partial charge >= 0.3 is 0 Å². The number of aromatic nitrogens is 2. The quantitative estimate of drug-likeness (QED) is 0.673. The Labute approximate surface area is 157 Å². The molecule has 1 fully saturated rings. The van der Waals surface area contributed by atoms with Crippen molar-refractivity contribution in [3.05, 3.63) is 77.4 Å². The second-order valence-electron chi connectivity index (χ2n) is 6.88. The maximum Gasteiger partial charge on any atom is 0.264 e. The van der Waals surface area contributed by atoms with Crippen LogP contribution < -0.4 is 10.5 Å². The maximum atomic E-state index is 12.4. The number of benzene rings is 2. The molecular formula is C21H21N3O3. The van der Waals surface area contributed by atoms with E-state index in [-0.39, 0.29) is 12.4 Å². The molecule has 6 nitrogen and oxygen atoms in total. The van der Waals surface area contributed by atoms with Crippen molar-refractivity contribution in [3.8, 4) is 5.75 Å². The third-order valence-electron chi connectivity index (χ3n) is 4.92. The number of carbonyl (C=O) groups excluding carboxylic acids is 1. The maximum absolute atomic E-state index is 12.4. The Hall–Kier alpha value is -2.99. The molecule has 0 saturated heterocycles. The summed E-state index contributed by atoms with van der Waals surface area (Å²) in [5.74, 6) is 1.56.